The molecule has 2 aromatic rings. The number of aromatic nitrogens is 2. The predicted molar refractivity (Wildman–Crippen MR) is 65.9 cm³/mol. The molecule has 0 spiro atoms. The van der Waals surface area contributed by atoms with Gasteiger partial charge in [0.05, 0.1) is 15.5 Å². The van der Waals surface area contributed by atoms with Gasteiger partial charge in [0.1, 0.15) is 0 Å². The topological polar surface area (TPSA) is 92.7 Å². The molecule has 0 radical (unpaired) electrons. The lowest BCUT2D eigenvalue weighted by molar-refractivity contribution is 0.686. The number of nitrogens with two attached hydrogens (primary N) is 1. The molecule has 0 saturated carbocycles. The summed E-state index contributed by atoms with van der Waals surface area (Å²) in [6, 6.07) is 7.60. The molecule has 0 saturated heterocycles. The molecule has 3 N–H and O–H groups in total. The molecule has 88 valence electrons. The summed E-state index contributed by atoms with van der Waals surface area (Å²) in [6.45, 7) is 0.499. The van der Waals surface area contributed by atoms with Crippen LogP contribution in [-0.4, -0.2) is 14.2 Å². The van der Waals surface area contributed by atoms with E-state index in [1.807, 2.05) is 24.3 Å². The van der Waals surface area contributed by atoms with Crippen molar-refractivity contribution in [1.29, 1.82) is 4.78 Å². The lowest BCUT2D eigenvalue weighted by Crippen LogP contribution is -1.96. The summed E-state index contributed by atoms with van der Waals surface area (Å²) < 4.78 is 18.0. The molecule has 0 bridgehead atoms. The van der Waals surface area contributed by atoms with E-state index < -0.39 is 10.6 Å². The van der Waals surface area contributed by atoms with Crippen molar-refractivity contribution in [2.24, 2.45) is 5.73 Å². The van der Waals surface area contributed by atoms with E-state index in [9.17, 15) is 4.21 Å². The zero-order valence-corrected chi connectivity index (χ0v) is 9.89. The van der Waals surface area contributed by atoms with Crippen LogP contribution in [0.3, 0.4) is 0 Å². The molecule has 2 rings (SSSR count). The Morgan fingerprint density at radius 3 is 2.24 bits per heavy atom. The molecule has 1 unspecified atom stereocenters. The van der Waals surface area contributed by atoms with Gasteiger partial charge in [-0.25, -0.2) is 14.2 Å². The lowest BCUT2D eigenvalue weighted by Gasteiger charge is -2.01. The molecule has 1 heterocycles. The Kier molecular flexibility index (Phi) is 3.46. The number of rotatable bonds is 3. The van der Waals surface area contributed by atoms with Gasteiger partial charge in [0.25, 0.3) is 0 Å². The van der Waals surface area contributed by atoms with Gasteiger partial charge < -0.3 is 5.73 Å². The van der Waals surface area contributed by atoms with Crippen LogP contribution in [0.1, 0.15) is 5.56 Å². The first-order chi connectivity index (χ1) is 8.20. The Hall–Kier alpha value is -1.79. The molecule has 5 nitrogen and oxygen atoms in total. The van der Waals surface area contributed by atoms with Crippen molar-refractivity contribution in [3.63, 3.8) is 0 Å². The summed E-state index contributed by atoms with van der Waals surface area (Å²) >= 11 is 0. The van der Waals surface area contributed by atoms with Gasteiger partial charge in [0.2, 0.25) is 0 Å². The number of thiol groups is 1. The van der Waals surface area contributed by atoms with Crippen molar-refractivity contribution >= 4 is 10.6 Å². The van der Waals surface area contributed by atoms with Gasteiger partial charge in [-0.15, -0.1) is 0 Å². The quantitative estimate of drug-likeness (QED) is 0.712. The number of benzene rings is 1. The SMILES string of the molecule is N=[SH](=O)c1cnc(-c2ccc(CN)cc2)nc1. The summed E-state index contributed by atoms with van der Waals surface area (Å²) in [7, 11) is -2.13. The van der Waals surface area contributed by atoms with Gasteiger partial charge in [0, 0.05) is 24.5 Å². The highest BCUT2D eigenvalue weighted by atomic mass is 32.2. The van der Waals surface area contributed by atoms with Gasteiger partial charge in [-0.05, 0) is 5.56 Å². The van der Waals surface area contributed by atoms with E-state index in [0.29, 0.717) is 17.3 Å². The number of hydrogen-bond acceptors (Lipinski definition) is 5. The zero-order chi connectivity index (χ0) is 12.3. The van der Waals surface area contributed by atoms with Crippen molar-refractivity contribution in [1.82, 2.24) is 9.97 Å². The summed E-state index contributed by atoms with van der Waals surface area (Å²) in [5, 5.41) is 0. The highest BCUT2D eigenvalue weighted by Gasteiger charge is 2.01. The van der Waals surface area contributed by atoms with Crippen molar-refractivity contribution in [3.05, 3.63) is 42.2 Å². The van der Waals surface area contributed by atoms with Gasteiger partial charge in [-0.1, -0.05) is 24.3 Å². The number of hydrogen-bond donors (Lipinski definition) is 3. The molecule has 1 aromatic heterocycles. The second kappa shape index (κ2) is 5.03. The van der Waals surface area contributed by atoms with Crippen LogP contribution in [0, 0.1) is 4.78 Å². The van der Waals surface area contributed by atoms with Crippen molar-refractivity contribution in [3.8, 4) is 11.4 Å². The first-order valence-corrected chi connectivity index (χ1v) is 6.26. The molecule has 6 heteroatoms. The number of nitrogens with zero attached hydrogens (tertiary/aromatic N) is 2. The van der Waals surface area contributed by atoms with Gasteiger partial charge >= 0.3 is 0 Å². The Bertz CT molecular complexity index is 567. The molecule has 1 atom stereocenters. The van der Waals surface area contributed by atoms with E-state index in [1.165, 1.54) is 12.4 Å². The van der Waals surface area contributed by atoms with Crippen LogP contribution in [0.5, 0.6) is 0 Å². The fourth-order valence-electron chi connectivity index (χ4n) is 1.37. The fourth-order valence-corrected chi connectivity index (χ4v) is 1.69. The van der Waals surface area contributed by atoms with E-state index in [1.54, 1.807) is 0 Å². The third-order valence-corrected chi connectivity index (χ3v) is 3.02. The van der Waals surface area contributed by atoms with E-state index in [4.69, 9.17) is 10.5 Å². The monoisotopic (exact) mass is 248 g/mol. The molecular formula is C11H12N4OS. The van der Waals surface area contributed by atoms with Gasteiger partial charge in [-0.3, -0.25) is 4.78 Å². The van der Waals surface area contributed by atoms with Crippen LogP contribution in [-0.2, 0) is 17.1 Å². The number of nitrogens with one attached hydrogen (secondary N) is 1. The van der Waals surface area contributed by atoms with Crippen molar-refractivity contribution in [2.75, 3.05) is 0 Å². The predicted octanol–water partition coefficient (Wildman–Crippen LogP) is 1.20. The van der Waals surface area contributed by atoms with E-state index in [0.717, 1.165) is 11.1 Å². The van der Waals surface area contributed by atoms with E-state index >= 15 is 0 Å². The summed E-state index contributed by atoms with van der Waals surface area (Å²) in [6.07, 6.45) is 2.84. The first-order valence-electron chi connectivity index (χ1n) is 5.00. The Balaban J connectivity index is 2.32. The molecule has 0 aliphatic heterocycles. The molecule has 0 aliphatic rings. The minimum absolute atomic E-state index is 0.335. The highest BCUT2D eigenvalue weighted by Crippen LogP contribution is 2.15. The molecule has 0 amide bonds. The van der Waals surface area contributed by atoms with E-state index in [-0.39, 0.29) is 0 Å². The Morgan fingerprint density at radius 2 is 1.76 bits per heavy atom. The van der Waals surface area contributed by atoms with E-state index in [2.05, 4.69) is 9.97 Å². The molecule has 0 fully saturated rings. The molecule has 0 aliphatic carbocycles. The molecular weight excluding hydrogens is 236 g/mol. The van der Waals surface area contributed by atoms with Crippen molar-refractivity contribution in [2.45, 2.75) is 11.4 Å². The standard InChI is InChI=1S/C11H12N4OS/c12-5-8-1-3-9(4-2-8)11-14-6-10(7-15-11)17(13)16/h1-4,6-7,13,17H,5,12H2. The molecule has 1 aromatic carbocycles. The minimum atomic E-state index is -2.13. The maximum absolute atomic E-state index is 10.9. The zero-order valence-electron chi connectivity index (χ0n) is 9.00. The maximum Gasteiger partial charge on any atom is 0.159 e. The third-order valence-electron chi connectivity index (χ3n) is 2.32. The average molecular weight is 248 g/mol. The molecule has 17 heavy (non-hydrogen) atoms. The minimum Gasteiger partial charge on any atom is -0.326 e. The fraction of sp³-hybridized carbons (Fsp3) is 0.0909. The largest absolute Gasteiger partial charge is 0.326 e. The Labute approximate surface area is 101 Å². The van der Waals surface area contributed by atoms with Crippen LogP contribution in [0.15, 0.2) is 41.6 Å². The van der Waals surface area contributed by atoms with Gasteiger partial charge in [0.15, 0.2) is 5.82 Å². The van der Waals surface area contributed by atoms with Gasteiger partial charge in [-0.2, -0.15) is 0 Å². The second-order valence-electron chi connectivity index (χ2n) is 3.46. The lowest BCUT2D eigenvalue weighted by atomic mass is 10.1. The average Bonchev–Trinajstić information content (AvgIpc) is 2.39. The van der Waals surface area contributed by atoms with Crippen LogP contribution < -0.4 is 5.73 Å². The van der Waals surface area contributed by atoms with Crippen LogP contribution in [0.2, 0.25) is 0 Å². The second-order valence-corrected chi connectivity index (χ2v) is 4.57. The smallest absolute Gasteiger partial charge is 0.159 e. The summed E-state index contributed by atoms with van der Waals surface area (Å²) in [5.41, 5.74) is 7.42. The first kappa shape index (κ1) is 11.7. The Morgan fingerprint density at radius 1 is 1.18 bits per heavy atom. The van der Waals surface area contributed by atoms with Crippen LogP contribution >= 0.6 is 0 Å². The normalized spacial score (nSPS) is 12.3. The maximum atomic E-state index is 10.9. The van der Waals surface area contributed by atoms with Crippen LogP contribution in [0.4, 0.5) is 0 Å². The highest BCUT2D eigenvalue weighted by molar-refractivity contribution is 7.73. The summed E-state index contributed by atoms with van der Waals surface area (Å²) in [5.74, 6) is 0.550. The third kappa shape index (κ3) is 2.66. The summed E-state index contributed by atoms with van der Waals surface area (Å²) in [4.78, 5) is 8.49. The van der Waals surface area contributed by atoms with Crippen LogP contribution in [0.25, 0.3) is 11.4 Å². The van der Waals surface area contributed by atoms with Crippen molar-refractivity contribution < 1.29 is 4.21 Å².